The molecule has 0 bridgehead atoms. The van der Waals surface area contributed by atoms with Gasteiger partial charge in [-0.15, -0.1) is 0 Å². The first-order valence-electron chi connectivity index (χ1n) is 7.89. The number of amides is 1. The highest BCUT2D eigenvalue weighted by atomic mass is 16.6. The summed E-state index contributed by atoms with van der Waals surface area (Å²) in [6.07, 6.45) is 8.36. The third kappa shape index (κ3) is 3.53. The van der Waals surface area contributed by atoms with Crippen LogP contribution in [-0.4, -0.2) is 33.0 Å². The fourth-order valence-corrected chi connectivity index (χ4v) is 3.15. The quantitative estimate of drug-likeness (QED) is 0.624. The number of nitro benzene ring substituents is 1. The Morgan fingerprint density at radius 2 is 2.21 bits per heavy atom. The van der Waals surface area contributed by atoms with E-state index in [-0.39, 0.29) is 30.2 Å². The molecular weight excluding hydrogens is 310 g/mol. The standard InChI is InChI=1S/C16H19N5O3/c22-16(10-18-12-4-1-2-6-15(12)21(23)24)19-13-5-3-7-14(13)20-9-8-17-11-20/h1-2,4,6,8-9,11,13-14,18H,3,5,7,10H2,(H,19,22). The van der Waals surface area contributed by atoms with Gasteiger partial charge in [0.05, 0.1) is 23.8 Å². The van der Waals surface area contributed by atoms with Crippen LogP contribution in [0.5, 0.6) is 0 Å². The number of aromatic nitrogens is 2. The van der Waals surface area contributed by atoms with Gasteiger partial charge in [0, 0.05) is 24.5 Å². The van der Waals surface area contributed by atoms with E-state index in [2.05, 4.69) is 15.6 Å². The molecule has 3 rings (SSSR count). The number of para-hydroxylation sites is 2. The lowest BCUT2D eigenvalue weighted by Crippen LogP contribution is -2.41. The van der Waals surface area contributed by atoms with E-state index in [0.29, 0.717) is 5.69 Å². The van der Waals surface area contributed by atoms with Gasteiger partial charge in [0.25, 0.3) is 5.69 Å². The molecule has 1 heterocycles. The minimum atomic E-state index is -0.466. The Morgan fingerprint density at radius 1 is 1.38 bits per heavy atom. The van der Waals surface area contributed by atoms with Crippen LogP contribution < -0.4 is 10.6 Å². The van der Waals surface area contributed by atoms with Gasteiger partial charge in [-0.2, -0.15) is 0 Å². The minimum Gasteiger partial charge on any atom is -0.371 e. The number of carbonyl (C=O) groups excluding carboxylic acids is 1. The summed E-state index contributed by atoms with van der Waals surface area (Å²) in [5.41, 5.74) is 0.303. The summed E-state index contributed by atoms with van der Waals surface area (Å²) in [6, 6.07) is 6.56. The zero-order chi connectivity index (χ0) is 16.9. The lowest BCUT2D eigenvalue weighted by molar-refractivity contribution is -0.383. The molecule has 1 aromatic carbocycles. The van der Waals surface area contributed by atoms with Crippen LogP contribution in [-0.2, 0) is 4.79 Å². The highest BCUT2D eigenvalue weighted by Crippen LogP contribution is 2.30. The van der Waals surface area contributed by atoms with E-state index < -0.39 is 4.92 Å². The number of nitrogens with one attached hydrogen (secondary N) is 2. The number of carbonyl (C=O) groups is 1. The Hall–Kier alpha value is -2.90. The summed E-state index contributed by atoms with van der Waals surface area (Å²) >= 11 is 0. The van der Waals surface area contributed by atoms with Crippen LogP contribution in [0.4, 0.5) is 11.4 Å². The van der Waals surface area contributed by atoms with Crippen molar-refractivity contribution in [3.63, 3.8) is 0 Å². The first-order valence-corrected chi connectivity index (χ1v) is 7.89. The highest BCUT2D eigenvalue weighted by molar-refractivity contribution is 5.82. The van der Waals surface area contributed by atoms with Crippen LogP contribution >= 0.6 is 0 Å². The monoisotopic (exact) mass is 329 g/mol. The summed E-state index contributed by atoms with van der Waals surface area (Å²) in [6.45, 7) is -0.00198. The normalized spacial score (nSPS) is 19.8. The molecule has 2 atom stereocenters. The van der Waals surface area contributed by atoms with Crippen molar-refractivity contribution in [1.82, 2.24) is 14.9 Å². The summed E-state index contributed by atoms with van der Waals surface area (Å²) < 4.78 is 2.02. The maximum absolute atomic E-state index is 12.2. The Bertz CT molecular complexity index is 716. The van der Waals surface area contributed by atoms with Crippen LogP contribution in [0.25, 0.3) is 0 Å². The summed E-state index contributed by atoms with van der Waals surface area (Å²) in [4.78, 5) is 26.8. The van der Waals surface area contributed by atoms with E-state index >= 15 is 0 Å². The largest absolute Gasteiger partial charge is 0.371 e. The van der Waals surface area contributed by atoms with Crippen LogP contribution in [0, 0.1) is 10.1 Å². The second-order valence-electron chi connectivity index (χ2n) is 5.81. The summed E-state index contributed by atoms with van der Waals surface area (Å²) in [5, 5.41) is 16.8. The zero-order valence-electron chi connectivity index (χ0n) is 13.1. The number of nitro groups is 1. The van der Waals surface area contributed by atoms with E-state index in [1.165, 1.54) is 6.07 Å². The van der Waals surface area contributed by atoms with E-state index in [0.717, 1.165) is 19.3 Å². The van der Waals surface area contributed by atoms with Crippen molar-refractivity contribution in [2.75, 3.05) is 11.9 Å². The van der Waals surface area contributed by atoms with Crippen molar-refractivity contribution in [3.8, 4) is 0 Å². The van der Waals surface area contributed by atoms with Crippen molar-refractivity contribution in [2.24, 2.45) is 0 Å². The molecule has 1 aliphatic rings. The summed E-state index contributed by atoms with van der Waals surface area (Å²) in [7, 11) is 0. The lowest BCUT2D eigenvalue weighted by atomic mass is 10.1. The average molecular weight is 329 g/mol. The Labute approximate surface area is 139 Å². The predicted octanol–water partition coefficient (Wildman–Crippen LogP) is 2.11. The molecule has 0 radical (unpaired) electrons. The third-order valence-corrected chi connectivity index (χ3v) is 4.27. The molecule has 2 N–H and O–H groups in total. The van der Waals surface area contributed by atoms with Gasteiger partial charge < -0.3 is 15.2 Å². The highest BCUT2D eigenvalue weighted by Gasteiger charge is 2.29. The summed E-state index contributed by atoms with van der Waals surface area (Å²) in [5.74, 6) is -0.176. The second kappa shape index (κ2) is 7.12. The number of hydrogen-bond acceptors (Lipinski definition) is 5. The molecule has 8 nitrogen and oxygen atoms in total. The van der Waals surface area contributed by atoms with Crippen molar-refractivity contribution in [1.29, 1.82) is 0 Å². The first kappa shape index (κ1) is 16.0. The van der Waals surface area contributed by atoms with Gasteiger partial charge in [-0.1, -0.05) is 12.1 Å². The fraction of sp³-hybridized carbons (Fsp3) is 0.375. The molecule has 24 heavy (non-hydrogen) atoms. The van der Waals surface area contributed by atoms with Crippen LogP contribution in [0.15, 0.2) is 43.0 Å². The van der Waals surface area contributed by atoms with Crippen LogP contribution in [0.1, 0.15) is 25.3 Å². The van der Waals surface area contributed by atoms with E-state index in [1.807, 2.05) is 10.8 Å². The van der Waals surface area contributed by atoms with Gasteiger partial charge in [0.2, 0.25) is 5.91 Å². The lowest BCUT2D eigenvalue weighted by Gasteiger charge is -2.22. The number of nitrogens with zero attached hydrogens (tertiary/aromatic N) is 3. The third-order valence-electron chi connectivity index (χ3n) is 4.27. The fourth-order valence-electron chi connectivity index (χ4n) is 3.15. The van der Waals surface area contributed by atoms with Crippen molar-refractivity contribution < 1.29 is 9.72 Å². The topological polar surface area (TPSA) is 102 Å². The van der Waals surface area contributed by atoms with Crippen molar-refractivity contribution >= 4 is 17.3 Å². The van der Waals surface area contributed by atoms with E-state index in [4.69, 9.17) is 0 Å². The molecule has 2 aromatic rings. The van der Waals surface area contributed by atoms with E-state index in [1.54, 1.807) is 30.7 Å². The predicted molar refractivity (Wildman–Crippen MR) is 88.6 cm³/mol. The molecule has 1 amide bonds. The molecule has 8 heteroatoms. The Balaban J connectivity index is 1.57. The second-order valence-corrected chi connectivity index (χ2v) is 5.81. The molecule has 1 aromatic heterocycles. The maximum Gasteiger partial charge on any atom is 0.292 e. The molecule has 2 unspecified atom stereocenters. The molecule has 0 aliphatic heterocycles. The van der Waals surface area contributed by atoms with Gasteiger partial charge in [-0.25, -0.2) is 4.98 Å². The number of rotatable bonds is 6. The Morgan fingerprint density at radius 3 is 2.96 bits per heavy atom. The maximum atomic E-state index is 12.2. The molecular formula is C16H19N5O3. The number of hydrogen-bond donors (Lipinski definition) is 2. The number of imidazole rings is 1. The molecule has 1 aliphatic carbocycles. The first-order chi connectivity index (χ1) is 11.6. The van der Waals surface area contributed by atoms with Gasteiger partial charge >= 0.3 is 0 Å². The molecule has 126 valence electrons. The smallest absolute Gasteiger partial charge is 0.292 e. The van der Waals surface area contributed by atoms with Gasteiger partial charge in [-0.05, 0) is 25.3 Å². The average Bonchev–Trinajstić information content (AvgIpc) is 3.24. The number of benzene rings is 1. The van der Waals surface area contributed by atoms with Gasteiger partial charge in [0.1, 0.15) is 5.69 Å². The van der Waals surface area contributed by atoms with Gasteiger partial charge in [0.15, 0.2) is 0 Å². The van der Waals surface area contributed by atoms with Crippen molar-refractivity contribution in [3.05, 3.63) is 53.1 Å². The van der Waals surface area contributed by atoms with Crippen LogP contribution in [0.2, 0.25) is 0 Å². The molecule has 0 saturated heterocycles. The number of anilines is 1. The minimum absolute atomic E-state index is 0.00198. The zero-order valence-corrected chi connectivity index (χ0v) is 13.1. The SMILES string of the molecule is O=C(CNc1ccccc1[N+](=O)[O-])NC1CCCC1n1ccnc1. The molecule has 0 spiro atoms. The molecule has 1 fully saturated rings. The van der Waals surface area contributed by atoms with E-state index in [9.17, 15) is 14.9 Å². The Kier molecular flexibility index (Phi) is 4.74. The van der Waals surface area contributed by atoms with Crippen LogP contribution in [0.3, 0.4) is 0 Å². The van der Waals surface area contributed by atoms with Gasteiger partial charge in [-0.3, -0.25) is 14.9 Å². The van der Waals surface area contributed by atoms with Crippen molar-refractivity contribution in [2.45, 2.75) is 31.3 Å². The molecule has 1 saturated carbocycles.